The molecule has 1 N–H and O–H groups in total. The van der Waals surface area contributed by atoms with Gasteiger partial charge in [-0.3, -0.25) is 9.59 Å². The number of carbonyl (C=O) groups is 2. The van der Waals surface area contributed by atoms with Crippen molar-refractivity contribution < 1.29 is 19.1 Å². The van der Waals surface area contributed by atoms with Gasteiger partial charge in [0.15, 0.2) is 6.10 Å². The van der Waals surface area contributed by atoms with Gasteiger partial charge in [-0.15, -0.1) is 0 Å². The molecule has 0 aliphatic heterocycles. The minimum Gasteiger partial charge on any atom is -0.494 e. The van der Waals surface area contributed by atoms with Crippen molar-refractivity contribution in [1.82, 2.24) is 0 Å². The molecule has 2 aromatic carbocycles. The van der Waals surface area contributed by atoms with E-state index in [1.165, 1.54) is 0 Å². The Morgan fingerprint density at radius 2 is 1.88 bits per heavy atom. The second-order valence-electron chi connectivity index (χ2n) is 5.85. The number of aryl methyl sites for hydroxylation is 1. The summed E-state index contributed by atoms with van der Waals surface area (Å²) >= 11 is 5.96. The molecule has 0 aromatic heterocycles. The molecular formula is C20H22ClNO4. The third kappa shape index (κ3) is 6.41. The van der Waals surface area contributed by atoms with Crippen LogP contribution in [0.2, 0.25) is 5.02 Å². The number of rotatable bonds is 8. The van der Waals surface area contributed by atoms with E-state index in [2.05, 4.69) is 5.32 Å². The van der Waals surface area contributed by atoms with Gasteiger partial charge >= 0.3 is 5.97 Å². The van der Waals surface area contributed by atoms with E-state index in [9.17, 15) is 9.59 Å². The minimum atomic E-state index is -0.859. The number of halogens is 1. The highest BCUT2D eigenvalue weighted by molar-refractivity contribution is 6.31. The molecule has 2 rings (SSSR count). The lowest BCUT2D eigenvalue weighted by molar-refractivity contribution is -0.153. The molecule has 0 radical (unpaired) electrons. The molecule has 1 atom stereocenters. The summed E-state index contributed by atoms with van der Waals surface area (Å²) in [6.45, 7) is 3.82. The minimum absolute atomic E-state index is 0.176. The van der Waals surface area contributed by atoms with Crippen LogP contribution in [0.1, 0.15) is 25.3 Å². The van der Waals surface area contributed by atoms with Gasteiger partial charge < -0.3 is 14.8 Å². The first kappa shape index (κ1) is 19.8. The molecule has 0 aliphatic carbocycles. The average Bonchev–Trinajstić information content (AvgIpc) is 2.62. The number of esters is 1. The summed E-state index contributed by atoms with van der Waals surface area (Å²) in [6, 6.07) is 14.4. The zero-order valence-corrected chi connectivity index (χ0v) is 15.6. The van der Waals surface area contributed by atoms with Crippen molar-refractivity contribution >= 4 is 29.2 Å². The van der Waals surface area contributed by atoms with E-state index in [0.717, 1.165) is 5.56 Å². The van der Waals surface area contributed by atoms with Crippen LogP contribution in [0.5, 0.6) is 5.75 Å². The zero-order valence-electron chi connectivity index (χ0n) is 14.8. The quantitative estimate of drug-likeness (QED) is 0.549. The molecule has 6 heteroatoms. The van der Waals surface area contributed by atoms with Gasteiger partial charge in [-0.2, -0.15) is 0 Å². The fourth-order valence-electron chi connectivity index (χ4n) is 2.19. The van der Waals surface area contributed by atoms with Crippen LogP contribution >= 0.6 is 11.6 Å². The van der Waals surface area contributed by atoms with E-state index in [-0.39, 0.29) is 12.3 Å². The highest BCUT2D eigenvalue weighted by Gasteiger charge is 2.17. The monoisotopic (exact) mass is 375 g/mol. The van der Waals surface area contributed by atoms with Gasteiger partial charge in [0, 0.05) is 17.1 Å². The number of carbonyl (C=O) groups excluding carboxylic acids is 2. The first-order chi connectivity index (χ1) is 12.5. The Hall–Kier alpha value is -2.53. The molecule has 0 heterocycles. The van der Waals surface area contributed by atoms with E-state index >= 15 is 0 Å². The highest BCUT2D eigenvalue weighted by atomic mass is 35.5. The predicted molar refractivity (Wildman–Crippen MR) is 102 cm³/mol. The third-order valence-electron chi connectivity index (χ3n) is 3.64. The largest absolute Gasteiger partial charge is 0.494 e. The van der Waals surface area contributed by atoms with Crippen LogP contribution in [0.25, 0.3) is 0 Å². The van der Waals surface area contributed by atoms with Crippen LogP contribution in [0.4, 0.5) is 5.69 Å². The van der Waals surface area contributed by atoms with Gasteiger partial charge in [0.25, 0.3) is 5.91 Å². The van der Waals surface area contributed by atoms with E-state index in [1.807, 2.05) is 31.2 Å². The lowest BCUT2D eigenvalue weighted by Crippen LogP contribution is -2.30. The van der Waals surface area contributed by atoms with Gasteiger partial charge in [0.1, 0.15) is 5.75 Å². The van der Waals surface area contributed by atoms with Crippen molar-refractivity contribution in [1.29, 1.82) is 0 Å². The molecule has 5 nitrogen and oxygen atoms in total. The molecule has 0 saturated carbocycles. The molecule has 1 unspecified atom stereocenters. The van der Waals surface area contributed by atoms with E-state index in [0.29, 0.717) is 29.5 Å². The van der Waals surface area contributed by atoms with Gasteiger partial charge in [-0.25, -0.2) is 0 Å². The van der Waals surface area contributed by atoms with Crippen molar-refractivity contribution in [3.63, 3.8) is 0 Å². The molecule has 0 fully saturated rings. The summed E-state index contributed by atoms with van der Waals surface area (Å²) in [7, 11) is 0. The molecule has 0 bridgehead atoms. The molecular weight excluding hydrogens is 354 g/mol. The van der Waals surface area contributed by atoms with E-state index < -0.39 is 12.1 Å². The fraction of sp³-hybridized carbons (Fsp3) is 0.300. The normalized spacial score (nSPS) is 11.5. The standard InChI is InChI=1S/C20H22ClNO4/c1-14-13-17(10-11-18(14)21)25-12-6-9-19(23)26-15(2)20(24)22-16-7-4-3-5-8-16/h3-5,7-8,10-11,13,15H,6,9,12H2,1-2H3,(H,22,24). The first-order valence-corrected chi connectivity index (χ1v) is 8.78. The maximum atomic E-state index is 12.0. The fourth-order valence-corrected chi connectivity index (χ4v) is 2.31. The smallest absolute Gasteiger partial charge is 0.306 e. The Balaban J connectivity index is 1.67. The Labute approximate surface area is 158 Å². The number of hydrogen-bond acceptors (Lipinski definition) is 4. The van der Waals surface area contributed by atoms with Crippen molar-refractivity contribution in [2.24, 2.45) is 0 Å². The van der Waals surface area contributed by atoms with Gasteiger partial charge in [-0.1, -0.05) is 29.8 Å². The van der Waals surface area contributed by atoms with Crippen molar-refractivity contribution in [3.8, 4) is 5.75 Å². The summed E-state index contributed by atoms with van der Waals surface area (Å²) in [5, 5.41) is 3.38. The van der Waals surface area contributed by atoms with Gasteiger partial charge in [-0.05, 0) is 56.2 Å². The van der Waals surface area contributed by atoms with Crippen LogP contribution in [0, 0.1) is 6.92 Å². The van der Waals surface area contributed by atoms with Crippen molar-refractivity contribution in [2.45, 2.75) is 32.8 Å². The van der Waals surface area contributed by atoms with Crippen LogP contribution in [0.15, 0.2) is 48.5 Å². The second-order valence-corrected chi connectivity index (χ2v) is 6.26. The van der Waals surface area contributed by atoms with Crippen molar-refractivity contribution in [3.05, 3.63) is 59.1 Å². The molecule has 138 valence electrons. The van der Waals surface area contributed by atoms with Crippen LogP contribution in [-0.4, -0.2) is 24.6 Å². The number of ether oxygens (including phenoxy) is 2. The lowest BCUT2D eigenvalue weighted by atomic mass is 10.2. The van der Waals surface area contributed by atoms with Crippen LogP contribution < -0.4 is 10.1 Å². The third-order valence-corrected chi connectivity index (χ3v) is 4.07. The Morgan fingerprint density at radius 1 is 1.15 bits per heavy atom. The van der Waals surface area contributed by atoms with Crippen molar-refractivity contribution in [2.75, 3.05) is 11.9 Å². The van der Waals surface area contributed by atoms with Crippen LogP contribution in [-0.2, 0) is 14.3 Å². The molecule has 26 heavy (non-hydrogen) atoms. The number of amides is 1. The summed E-state index contributed by atoms with van der Waals surface area (Å²) in [5.74, 6) is -0.0927. The van der Waals surface area contributed by atoms with E-state index in [1.54, 1.807) is 31.2 Å². The molecule has 0 spiro atoms. The SMILES string of the molecule is Cc1cc(OCCCC(=O)OC(C)C(=O)Nc2ccccc2)ccc1Cl. The number of nitrogens with one attached hydrogen (secondary N) is 1. The topological polar surface area (TPSA) is 64.6 Å². The summed E-state index contributed by atoms with van der Waals surface area (Å²) in [5.41, 5.74) is 1.59. The first-order valence-electron chi connectivity index (χ1n) is 8.40. The molecule has 0 aliphatic rings. The summed E-state index contributed by atoms with van der Waals surface area (Å²) in [4.78, 5) is 23.8. The number of para-hydroxylation sites is 1. The summed E-state index contributed by atoms with van der Waals surface area (Å²) < 4.78 is 10.7. The number of hydrogen-bond donors (Lipinski definition) is 1. The lowest BCUT2D eigenvalue weighted by Gasteiger charge is -2.13. The molecule has 0 saturated heterocycles. The number of benzene rings is 2. The number of anilines is 1. The van der Waals surface area contributed by atoms with Gasteiger partial charge in [0.2, 0.25) is 0 Å². The predicted octanol–water partition coefficient (Wildman–Crippen LogP) is 4.38. The van der Waals surface area contributed by atoms with Crippen LogP contribution in [0.3, 0.4) is 0 Å². The Kier molecular flexibility index (Phi) is 7.48. The molecule has 2 aromatic rings. The Bertz CT molecular complexity index is 749. The van der Waals surface area contributed by atoms with Gasteiger partial charge in [0.05, 0.1) is 6.61 Å². The summed E-state index contributed by atoms with van der Waals surface area (Å²) in [6.07, 6.45) is -0.189. The van der Waals surface area contributed by atoms with E-state index in [4.69, 9.17) is 21.1 Å². The zero-order chi connectivity index (χ0) is 18.9. The Morgan fingerprint density at radius 3 is 2.58 bits per heavy atom. The highest BCUT2D eigenvalue weighted by Crippen LogP contribution is 2.21. The average molecular weight is 376 g/mol. The maximum Gasteiger partial charge on any atom is 0.306 e. The second kappa shape index (κ2) is 9.82. The maximum absolute atomic E-state index is 12.0. The molecule has 1 amide bonds.